The van der Waals surface area contributed by atoms with Crippen molar-refractivity contribution in [3.8, 4) is 0 Å². The van der Waals surface area contributed by atoms with Crippen LogP contribution in [0.2, 0.25) is 5.15 Å². The van der Waals surface area contributed by atoms with Gasteiger partial charge in [-0.05, 0) is 13.8 Å². The molecule has 104 valence electrons. The van der Waals surface area contributed by atoms with Crippen molar-refractivity contribution >= 4 is 23.1 Å². The van der Waals surface area contributed by atoms with Gasteiger partial charge in [0.1, 0.15) is 17.1 Å². The second-order valence-electron chi connectivity index (χ2n) is 4.62. The number of nitro groups is 1. The molecule has 0 bridgehead atoms. The first-order chi connectivity index (χ1) is 8.85. The van der Waals surface area contributed by atoms with Gasteiger partial charge in [-0.1, -0.05) is 11.6 Å². The molecular weight excluding hydrogens is 274 g/mol. The highest BCUT2D eigenvalue weighted by Gasteiger charge is 2.32. The van der Waals surface area contributed by atoms with Crippen LogP contribution in [0.1, 0.15) is 13.8 Å². The average Bonchev–Trinajstić information content (AvgIpc) is 2.65. The van der Waals surface area contributed by atoms with Gasteiger partial charge in [0.25, 0.3) is 5.69 Å². The molecule has 0 amide bonds. The van der Waals surface area contributed by atoms with Crippen LogP contribution in [0, 0.1) is 10.1 Å². The van der Waals surface area contributed by atoms with Gasteiger partial charge in [0.2, 0.25) is 0 Å². The molecular formula is C11H14ClN3O4. The van der Waals surface area contributed by atoms with Gasteiger partial charge >= 0.3 is 0 Å². The third-order valence-electron chi connectivity index (χ3n) is 2.57. The van der Waals surface area contributed by atoms with Crippen molar-refractivity contribution in [2.75, 3.05) is 18.5 Å². The summed E-state index contributed by atoms with van der Waals surface area (Å²) < 4.78 is 11.0. The zero-order chi connectivity index (χ0) is 14.0. The highest BCUT2D eigenvalue weighted by Crippen LogP contribution is 2.24. The molecule has 1 saturated heterocycles. The zero-order valence-electron chi connectivity index (χ0n) is 10.6. The molecule has 1 aliphatic rings. The van der Waals surface area contributed by atoms with Crippen LogP contribution in [0.3, 0.4) is 0 Å². The van der Waals surface area contributed by atoms with Crippen molar-refractivity contribution in [2.45, 2.75) is 25.7 Å². The van der Waals surface area contributed by atoms with Crippen LogP contribution in [-0.2, 0) is 9.47 Å². The Bertz CT molecular complexity index is 495. The van der Waals surface area contributed by atoms with Gasteiger partial charge in [-0.25, -0.2) is 4.98 Å². The van der Waals surface area contributed by atoms with Gasteiger partial charge < -0.3 is 14.8 Å². The minimum Gasteiger partial charge on any atom is -0.367 e. The Labute approximate surface area is 115 Å². The summed E-state index contributed by atoms with van der Waals surface area (Å²) in [5.41, 5.74) is -0.105. The Kier molecular flexibility index (Phi) is 3.88. The molecule has 19 heavy (non-hydrogen) atoms. The number of nitrogens with one attached hydrogen (secondary N) is 1. The standard InChI is InChI=1S/C11H14ClN3O4/c1-11(2)18-6-8(19-11)5-13-10-4-7(15(16)17)3-9(12)14-10/h3-4,8H,5-6H2,1-2H3,(H,13,14). The molecule has 1 unspecified atom stereocenters. The maximum atomic E-state index is 10.7. The van der Waals surface area contributed by atoms with Gasteiger partial charge in [0.15, 0.2) is 5.79 Å². The zero-order valence-corrected chi connectivity index (χ0v) is 11.3. The molecule has 8 heteroatoms. The first kappa shape index (κ1) is 14.0. The number of nitrogens with zero attached hydrogens (tertiary/aromatic N) is 2. The van der Waals surface area contributed by atoms with E-state index in [1.165, 1.54) is 12.1 Å². The van der Waals surface area contributed by atoms with Crippen LogP contribution < -0.4 is 5.32 Å². The van der Waals surface area contributed by atoms with E-state index in [0.717, 1.165) is 0 Å². The summed E-state index contributed by atoms with van der Waals surface area (Å²) in [4.78, 5) is 14.1. The lowest BCUT2D eigenvalue weighted by Gasteiger charge is -2.17. The van der Waals surface area contributed by atoms with Crippen LogP contribution in [0.15, 0.2) is 12.1 Å². The van der Waals surface area contributed by atoms with Gasteiger partial charge in [-0.2, -0.15) is 0 Å². The summed E-state index contributed by atoms with van der Waals surface area (Å²) in [6.07, 6.45) is -0.130. The molecule has 1 aliphatic heterocycles. The summed E-state index contributed by atoms with van der Waals surface area (Å²) in [5.74, 6) is -0.257. The number of ether oxygens (including phenoxy) is 2. The first-order valence-electron chi connectivity index (χ1n) is 5.73. The van der Waals surface area contributed by atoms with Crippen LogP contribution >= 0.6 is 11.6 Å². The van der Waals surface area contributed by atoms with Crippen molar-refractivity contribution in [2.24, 2.45) is 0 Å². The Balaban J connectivity index is 1.98. The first-order valence-corrected chi connectivity index (χ1v) is 6.11. The maximum absolute atomic E-state index is 10.7. The second-order valence-corrected chi connectivity index (χ2v) is 5.01. The fourth-order valence-electron chi connectivity index (χ4n) is 1.76. The number of aromatic nitrogens is 1. The molecule has 7 nitrogen and oxygen atoms in total. The Hall–Kier alpha value is -1.44. The van der Waals surface area contributed by atoms with E-state index in [4.69, 9.17) is 21.1 Å². The fourth-order valence-corrected chi connectivity index (χ4v) is 1.96. The summed E-state index contributed by atoms with van der Waals surface area (Å²) in [6.45, 7) is 4.56. The largest absolute Gasteiger partial charge is 0.367 e. The van der Waals surface area contributed by atoms with Gasteiger partial charge in [0.05, 0.1) is 23.7 Å². The fraction of sp³-hybridized carbons (Fsp3) is 0.545. The summed E-state index contributed by atoms with van der Waals surface area (Å²) in [6, 6.07) is 2.53. The molecule has 1 atom stereocenters. The predicted octanol–water partition coefficient (Wildman–Crippen LogP) is 2.21. The number of hydrogen-bond donors (Lipinski definition) is 1. The SMILES string of the molecule is CC1(C)OCC(CNc2cc([N+](=O)[O-])cc(Cl)n2)O1. The van der Waals surface area contributed by atoms with Gasteiger partial charge in [-0.15, -0.1) is 0 Å². The Morgan fingerprint density at radius 3 is 2.95 bits per heavy atom. The van der Waals surface area contributed by atoms with E-state index in [0.29, 0.717) is 19.0 Å². The lowest BCUT2D eigenvalue weighted by molar-refractivity contribution is -0.384. The van der Waals surface area contributed by atoms with Crippen LogP contribution in [0.4, 0.5) is 11.5 Å². The van der Waals surface area contributed by atoms with E-state index >= 15 is 0 Å². The lowest BCUT2D eigenvalue weighted by atomic mass is 10.3. The summed E-state index contributed by atoms with van der Waals surface area (Å²) in [5, 5.41) is 13.7. The van der Waals surface area contributed by atoms with Crippen LogP contribution in [0.5, 0.6) is 0 Å². The summed E-state index contributed by atoms with van der Waals surface area (Å²) in [7, 11) is 0. The molecule has 1 aromatic heterocycles. The van der Waals surface area contributed by atoms with E-state index in [1.807, 2.05) is 13.8 Å². The molecule has 0 aliphatic carbocycles. The van der Waals surface area contributed by atoms with Gasteiger partial charge in [-0.3, -0.25) is 10.1 Å². The van der Waals surface area contributed by atoms with Crippen molar-refractivity contribution in [3.63, 3.8) is 0 Å². The number of anilines is 1. The van der Waals surface area contributed by atoms with Crippen LogP contribution in [0.25, 0.3) is 0 Å². The topological polar surface area (TPSA) is 86.5 Å². The minimum atomic E-state index is -0.597. The average molecular weight is 288 g/mol. The monoisotopic (exact) mass is 287 g/mol. The van der Waals surface area contributed by atoms with Crippen LogP contribution in [-0.4, -0.2) is 35.0 Å². The van der Waals surface area contributed by atoms with Crippen molar-refractivity contribution in [1.82, 2.24) is 4.98 Å². The maximum Gasteiger partial charge on any atom is 0.276 e. The molecule has 1 aromatic rings. The third kappa shape index (κ3) is 3.76. The van der Waals surface area contributed by atoms with E-state index in [-0.39, 0.29) is 16.9 Å². The quantitative estimate of drug-likeness (QED) is 0.519. The normalized spacial score (nSPS) is 21.3. The van der Waals surface area contributed by atoms with E-state index < -0.39 is 10.7 Å². The molecule has 1 N–H and O–H groups in total. The number of halogens is 1. The molecule has 0 saturated carbocycles. The minimum absolute atomic E-state index is 0.0700. The number of pyridine rings is 1. The van der Waals surface area contributed by atoms with Crippen molar-refractivity contribution in [1.29, 1.82) is 0 Å². The molecule has 0 aromatic carbocycles. The molecule has 1 fully saturated rings. The number of hydrogen-bond acceptors (Lipinski definition) is 6. The number of rotatable bonds is 4. The molecule has 0 radical (unpaired) electrons. The van der Waals surface area contributed by atoms with Crippen molar-refractivity contribution < 1.29 is 14.4 Å². The Morgan fingerprint density at radius 2 is 2.37 bits per heavy atom. The smallest absolute Gasteiger partial charge is 0.276 e. The second kappa shape index (κ2) is 5.28. The van der Waals surface area contributed by atoms with E-state index in [1.54, 1.807) is 0 Å². The highest BCUT2D eigenvalue weighted by molar-refractivity contribution is 6.29. The molecule has 0 spiro atoms. The van der Waals surface area contributed by atoms with E-state index in [2.05, 4.69) is 10.3 Å². The predicted molar refractivity (Wildman–Crippen MR) is 69.3 cm³/mol. The van der Waals surface area contributed by atoms with Crippen molar-refractivity contribution in [3.05, 3.63) is 27.4 Å². The third-order valence-corrected chi connectivity index (χ3v) is 2.76. The lowest BCUT2D eigenvalue weighted by Crippen LogP contribution is -2.26. The highest BCUT2D eigenvalue weighted by atomic mass is 35.5. The molecule has 2 heterocycles. The summed E-state index contributed by atoms with van der Waals surface area (Å²) >= 11 is 5.72. The van der Waals surface area contributed by atoms with E-state index in [9.17, 15) is 10.1 Å². The van der Waals surface area contributed by atoms with Gasteiger partial charge in [0, 0.05) is 6.54 Å². The molecule has 2 rings (SSSR count). The Morgan fingerprint density at radius 1 is 1.63 bits per heavy atom.